The van der Waals surface area contributed by atoms with E-state index < -0.39 is 41.8 Å². The van der Waals surface area contributed by atoms with Gasteiger partial charge in [-0.25, -0.2) is 33.1 Å². The standard InChI is InChI=1S/C28H30F2N6O6/c1-13-18(11-33-24-23(13)35(27(39)40)5-6-41-24)17-7-14-8-20(36(25(31)37)16-9-15(29)10-16)32-12-19(14)22(21(17)30)34-26(38)42-28(2,3)4/h7-8,11-12,15-16H,5-6,9-10H2,1-4H3,(H2,31,37)(H,34,38)(H,39,40). The minimum atomic E-state index is -1.22. The zero-order valence-corrected chi connectivity index (χ0v) is 23.4. The summed E-state index contributed by atoms with van der Waals surface area (Å²) in [6, 6.07) is 1.65. The summed E-state index contributed by atoms with van der Waals surface area (Å²) in [5, 5.41) is 12.8. The van der Waals surface area contributed by atoms with Crippen LogP contribution >= 0.6 is 0 Å². The molecular formula is C28H30F2N6O6. The van der Waals surface area contributed by atoms with E-state index in [1.165, 1.54) is 29.4 Å². The van der Waals surface area contributed by atoms with Crippen LogP contribution < -0.4 is 25.6 Å². The van der Waals surface area contributed by atoms with Gasteiger partial charge in [0.05, 0.1) is 12.2 Å². The van der Waals surface area contributed by atoms with Crippen molar-refractivity contribution in [3.63, 3.8) is 0 Å². The maximum Gasteiger partial charge on any atom is 0.412 e. The first kappa shape index (κ1) is 28.8. The van der Waals surface area contributed by atoms with Crippen molar-refractivity contribution in [2.75, 3.05) is 28.3 Å². The fraction of sp³-hybridized carbons (Fsp3) is 0.393. The van der Waals surface area contributed by atoms with Crippen LogP contribution in [0.25, 0.3) is 21.9 Å². The average Bonchev–Trinajstić information content (AvgIpc) is 2.88. The minimum absolute atomic E-state index is 0.0208. The maximum atomic E-state index is 16.4. The number of carboxylic acid groups (broad SMARTS) is 1. The van der Waals surface area contributed by atoms with Gasteiger partial charge in [0.1, 0.15) is 29.9 Å². The van der Waals surface area contributed by atoms with Crippen LogP contribution in [0.2, 0.25) is 0 Å². The van der Waals surface area contributed by atoms with Crippen LogP contribution in [0, 0.1) is 12.7 Å². The maximum absolute atomic E-state index is 16.4. The number of rotatable bonds is 4. The molecule has 4 amide bonds. The number of primary amides is 1. The third kappa shape index (κ3) is 5.31. The Kier molecular flexibility index (Phi) is 7.25. The first-order valence-electron chi connectivity index (χ1n) is 13.2. The second-order valence-corrected chi connectivity index (χ2v) is 11.2. The molecule has 4 N–H and O–H groups in total. The van der Waals surface area contributed by atoms with Crippen LogP contribution in [-0.4, -0.2) is 64.3 Å². The van der Waals surface area contributed by atoms with E-state index in [1.807, 2.05) is 0 Å². The predicted molar refractivity (Wildman–Crippen MR) is 150 cm³/mol. The number of hydrogen-bond donors (Lipinski definition) is 3. The predicted octanol–water partition coefficient (Wildman–Crippen LogP) is 5.35. The number of alkyl halides is 1. The molecule has 12 nitrogen and oxygen atoms in total. The first-order valence-corrected chi connectivity index (χ1v) is 13.2. The number of carbonyl (C=O) groups is 3. The van der Waals surface area contributed by atoms with E-state index in [-0.39, 0.29) is 65.6 Å². The molecule has 0 radical (unpaired) electrons. The van der Waals surface area contributed by atoms with Gasteiger partial charge < -0.3 is 20.3 Å². The molecule has 3 aromatic rings. The number of aromatic nitrogens is 2. The molecular weight excluding hydrogens is 554 g/mol. The molecule has 3 heterocycles. The molecule has 0 bridgehead atoms. The number of nitrogens with two attached hydrogens (primary N) is 1. The number of pyridine rings is 2. The first-order chi connectivity index (χ1) is 19.7. The average molecular weight is 585 g/mol. The largest absolute Gasteiger partial charge is 0.474 e. The summed E-state index contributed by atoms with van der Waals surface area (Å²) in [7, 11) is 0. The van der Waals surface area contributed by atoms with Crippen LogP contribution in [0.15, 0.2) is 24.5 Å². The van der Waals surface area contributed by atoms with Crippen molar-refractivity contribution in [2.45, 2.75) is 58.4 Å². The van der Waals surface area contributed by atoms with Crippen molar-refractivity contribution in [3.8, 4) is 17.0 Å². The summed E-state index contributed by atoms with van der Waals surface area (Å²) in [6.07, 6.45) is -0.358. The molecule has 1 aliphatic heterocycles. The van der Waals surface area contributed by atoms with E-state index in [0.29, 0.717) is 10.9 Å². The van der Waals surface area contributed by atoms with Gasteiger partial charge in [-0.3, -0.25) is 15.1 Å². The highest BCUT2D eigenvalue weighted by Crippen LogP contribution is 2.43. The molecule has 42 heavy (non-hydrogen) atoms. The molecule has 0 unspecified atom stereocenters. The lowest BCUT2D eigenvalue weighted by molar-refractivity contribution is 0.0635. The Morgan fingerprint density at radius 3 is 2.52 bits per heavy atom. The van der Waals surface area contributed by atoms with Gasteiger partial charge in [-0.2, -0.15) is 0 Å². The molecule has 5 rings (SSSR count). The van der Waals surface area contributed by atoms with Crippen LogP contribution in [0.3, 0.4) is 0 Å². The number of carbonyl (C=O) groups excluding carboxylic acids is 2. The van der Waals surface area contributed by atoms with E-state index >= 15 is 4.39 Å². The molecule has 1 aromatic carbocycles. The molecule has 14 heteroatoms. The number of benzene rings is 1. The minimum Gasteiger partial charge on any atom is -0.474 e. The molecule has 2 aliphatic rings. The lowest BCUT2D eigenvalue weighted by Gasteiger charge is -2.37. The third-order valence-electron chi connectivity index (χ3n) is 7.10. The molecule has 0 spiro atoms. The van der Waals surface area contributed by atoms with Crippen molar-refractivity contribution in [2.24, 2.45) is 5.73 Å². The van der Waals surface area contributed by atoms with E-state index in [4.69, 9.17) is 15.2 Å². The summed E-state index contributed by atoms with van der Waals surface area (Å²) < 4.78 is 40.9. The van der Waals surface area contributed by atoms with Crippen molar-refractivity contribution >= 4 is 46.2 Å². The lowest BCUT2D eigenvalue weighted by Crippen LogP contribution is -2.51. The number of amides is 4. The highest BCUT2D eigenvalue weighted by atomic mass is 19.1. The normalized spacial score (nSPS) is 18.0. The van der Waals surface area contributed by atoms with Gasteiger partial charge in [0, 0.05) is 34.9 Å². The quantitative estimate of drug-likeness (QED) is 0.370. The monoisotopic (exact) mass is 584 g/mol. The Balaban J connectivity index is 1.70. The number of nitrogens with zero attached hydrogens (tertiary/aromatic N) is 4. The van der Waals surface area contributed by atoms with Gasteiger partial charge in [0.25, 0.3) is 0 Å². The fourth-order valence-electron chi connectivity index (χ4n) is 5.13. The zero-order valence-electron chi connectivity index (χ0n) is 23.4. The Morgan fingerprint density at radius 1 is 1.19 bits per heavy atom. The van der Waals surface area contributed by atoms with E-state index in [0.717, 1.165) is 4.90 Å². The molecule has 2 aromatic heterocycles. The molecule has 1 saturated carbocycles. The molecule has 222 valence electrons. The SMILES string of the molecule is Cc1c(-c2cc3cc(N(C(N)=O)C4CC(F)C4)ncc3c(NC(=O)OC(C)(C)C)c2F)cnc2c1N(C(=O)O)CCO2. The summed E-state index contributed by atoms with van der Waals surface area (Å²) in [6.45, 7) is 6.75. The number of halogens is 2. The van der Waals surface area contributed by atoms with Crippen molar-refractivity contribution in [1.82, 2.24) is 9.97 Å². The van der Waals surface area contributed by atoms with Crippen molar-refractivity contribution < 1.29 is 37.7 Å². The van der Waals surface area contributed by atoms with Gasteiger partial charge in [-0.1, -0.05) is 0 Å². The zero-order chi connectivity index (χ0) is 30.5. The summed E-state index contributed by atoms with van der Waals surface area (Å²) in [5.74, 6) is -0.635. The Bertz CT molecular complexity index is 1600. The number of fused-ring (bicyclic) bond motifs is 2. The second-order valence-electron chi connectivity index (χ2n) is 11.2. The summed E-state index contributed by atoms with van der Waals surface area (Å²) >= 11 is 0. The Morgan fingerprint density at radius 2 is 1.90 bits per heavy atom. The number of urea groups is 1. The highest BCUT2D eigenvalue weighted by molar-refractivity contribution is 6.05. The lowest BCUT2D eigenvalue weighted by atomic mass is 9.89. The number of hydrogen-bond acceptors (Lipinski definition) is 7. The van der Waals surface area contributed by atoms with E-state index in [9.17, 15) is 23.9 Å². The highest BCUT2D eigenvalue weighted by Gasteiger charge is 2.37. The second kappa shape index (κ2) is 10.6. The van der Waals surface area contributed by atoms with E-state index in [1.54, 1.807) is 27.7 Å². The Labute approximate surface area is 239 Å². The van der Waals surface area contributed by atoms with Crippen LogP contribution in [-0.2, 0) is 4.74 Å². The van der Waals surface area contributed by atoms with Crippen molar-refractivity contribution in [1.29, 1.82) is 0 Å². The topological polar surface area (TPSA) is 160 Å². The molecule has 0 atom stereocenters. The number of anilines is 3. The molecule has 1 fully saturated rings. The van der Waals surface area contributed by atoms with Gasteiger partial charge in [0.2, 0.25) is 5.88 Å². The van der Waals surface area contributed by atoms with Gasteiger partial charge in [-0.05, 0) is 63.6 Å². The van der Waals surface area contributed by atoms with Crippen LogP contribution in [0.1, 0.15) is 39.2 Å². The van der Waals surface area contributed by atoms with Crippen LogP contribution in [0.5, 0.6) is 5.88 Å². The fourth-order valence-corrected chi connectivity index (χ4v) is 5.13. The summed E-state index contributed by atoms with van der Waals surface area (Å²) in [5.41, 5.74) is 5.25. The van der Waals surface area contributed by atoms with Crippen LogP contribution in [0.4, 0.5) is 40.4 Å². The Hall–Kier alpha value is -4.75. The van der Waals surface area contributed by atoms with Gasteiger partial charge in [0.15, 0.2) is 5.82 Å². The van der Waals surface area contributed by atoms with Gasteiger partial charge in [-0.15, -0.1) is 0 Å². The smallest absolute Gasteiger partial charge is 0.412 e. The molecule has 1 aliphatic carbocycles. The third-order valence-corrected chi connectivity index (χ3v) is 7.10. The number of nitrogens with one attached hydrogen (secondary N) is 1. The van der Waals surface area contributed by atoms with Crippen molar-refractivity contribution in [3.05, 3.63) is 35.9 Å². The van der Waals surface area contributed by atoms with E-state index in [2.05, 4.69) is 15.3 Å². The number of ether oxygens (including phenoxy) is 2. The summed E-state index contributed by atoms with van der Waals surface area (Å²) in [4.78, 5) is 47.8. The van der Waals surface area contributed by atoms with Gasteiger partial charge >= 0.3 is 18.2 Å². The molecule has 0 saturated heterocycles.